The minimum atomic E-state index is -0.227. The third-order valence-corrected chi connectivity index (χ3v) is 4.40. The van der Waals surface area contributed by atoms with Crippen molar-refractivity contribution < 1.29 is 4.39 Å². The minimum absolute atomic E-state index is 0.227. The van der Waals surface area contributed by atoms with Gasteiger partial charge in [0.1, 0.15) is 17.5 Å². The van der Waals surface area contributed by atoms with Crippen molar-refractivity contribution >= 4 is 5.96 Å². The highest BCUT2D eigenvalue weighted by Gasteiger charge is 2.14. The van der Waals surface area contributed by atoms with Gasteiger partial charge in [0.25, 0.3) is 0 Å². The summed E-state index contributed by atoms with van der Waals surface area (Å²) in [7, 11) is 1.73. The first kappa shape index (κ1) is 17.4. The fraction of sp³-hybridized carbons (Fsp3) is 0.500. The van der Waals surface area contributed by atoms with Crippen LogP contribution in [0.25, 0.3) is 0 Å². The fourth-order valence-corrected chi connectivity index (χ4v) is 3.08. The van der Waals surface area contributed by atoms with Gasteiger partial charge in [0.05, 0.1) is 0 Å². The Labute approximate surface area is 147 Å². The van der Waals surface area contributed by atoms with Gasteiger partial charge < -0.3 is 15.2 Å². The van der Waals surface area contributed by atoms with Crippen molar-refractivity contribution in [2.24, 2.45) is 4.99 Å². The average molecular weight is 344 g/mol. The molecule has 0 atom stereocenters. The minimum Gasteiger partial charge on any atom is -0.356 e. The first-order valence-electron chi connectivity index (χ1n) is 8.86. The van der Waals surface area contributed by atoms with Crippen LogP contribution in [0, 0.1) is 5.82 Å². The Morgan fingerprint density at radius 1 is 1.24 bits per heavy atom. The van der Waals surface area contributed by atoms with Crippen LogP contribution in [0.5, 0.6) is 0 Å². The van der Waals surface area contributed by atoms with Crippen LogP contribution < -0.4 is 10.6 Å². The monoisotopic (exact) mass is 344 g/mol. The molecule has 7 heteroatoms. The Morgan fingerprint density at radius 2 is 2.16 bits per heavy atom. The van der Waals surface area contributed by atoms with Crippen LogP contribution in [0.15, 0.2) is 29.3 Å². The van der Waals surface area contributed by atoms with Gasteiger partial charge in [0.2, 0.25) is 0 Å². The number of aryl methyl sites for hydroxylation is 1. The molecule has 0 aliphatic carbocycles. The van der Waals surface area contributed by atoms with E-state index >= 15 is 0 Å². The first-order valence-corrected chi connectivity index (χ1v) is 8.86. The molecule has 0 unspecified atom stereocenters. The van der Waals surface area contributed by atoms with Crippen molar-refractivity contribution in [3.05, 3.63) is 47.3 Å². The number of nitrogens with one attached hydrogen (secondary N) is 2. The predicted octanol–water partition coefficient (Wildman–Crippen LogP) is 2.05. The predicted molar refractivity (Wildman–Crippen MR) is 95.9 cm³/mol. The third-order valence-electron chi connectivity index (χ3n) is 4.40. The molecule has 25 heavy (non-hydrogen) atoms. The van der Waals surface area contributed by atoms with Crippen LogP contribution >= 0.6 is 0 Å². The van der Waals surface area contributed by atoms with Crippen molar-refractivity contribution in [1.82, 2.24) is 25.4 Å². The summed E-state index contributed by atoms with van der Waals surface area (Å²) in [6.07, 6.45) is 5.48. The molecule has 0 amide bonds. The van der Waals surface area contributed by atoms with Gasteiger partial charge in [-0.05, 0) is 30.5 Å². The molecule has 0 radical (unpaired) electrons. The van der Waals surface area contributed by atoms with Crippen LogP contribution in [0.3, 0.4) is 0 Å². The van der Waals surface area contributed by atoms with E-state index in [-0.39, 0.29) is 5.82 Å². The SMILES string of the molecule is CN=C(NCCc1nnc2n1CCCCC2)NCc1cccc(F)c1. The third kappa shape index (κ3) is 4.78. The van der Waals surface area contributed by atoms with Crippen molar-refractivity contribution in [1.29, 1.82) is 0 Å². The lowest BCUT2D eigenvalue weighted by Gasteiger charge is -2.12. The molecule has 3 rings (SSSR count). The van der Waals surface area contributed by atoms with Crippen molar-refractivity contribution in [3.8, 4) is 0 Å². The van der Waals surface area contributed by atoms with E-state index in [1.165, 1.54) is 31.4 Å². The van der Waals surface area contributed by atoms with Crippen molar-refractivity contribution in [2.75, 3.05) is 13.6 Å². The molecule has 2 heterocycles. The highest BCUT2D eigenvalue weighted by atomic mass is 19.1. The van der Waals surface area contributed by atoms with Gasteiger partial charge in [0.15, 0.2) is 5.96 Å². The summed E-state index contributed by atoms with van der Waals surface area (Å²) in [5.74, 6) is 2.61. The standard InChI is InChI=1S/C18H25FN6/c1-20-18(22-13-14-6-5-7-15(19)12-14)21-10-9-17-24-23-16-8-3-2-4-11-25(16)17/h5-7,12H,2-4,8-11,13H2,1H3,(H2,20,21,22). The van der Waals surface area contributed by atoms with Crippen LogP contribution in [-0.4, -0.2) is 34.3 Å². The number of aromatic nitrogens is 3. The number of hydrogen-bond donors (Lipinski definition) is 2. The van der Waals surface area contributed by atoms with Gasteiger partial charge in [-0.2, -0.15) is 0 Å². The van der Waals surface area contributed by atoms with E-state index in [0.29, 0.717) is 12.5 Å². The number of hydrogen-bond acceptors (Lipinski definition) is 3. The van der Waals surface area contributed by atoms with Gasteiger partial charge in [-0.15, -0.1) is 10.2 Å². The average Bonchev–Trinajstić information content (AvgIpc) is 2.85. The molecule has 1 aliphatic rings. The molecule has 1 aromatic heterocycles. The summed E-state index contributed by atoms with van der Waals surface area (Å²) in [4.78, 5) is 4.20. The van der Waals surface area contributed by atoms with Crippen LogP contribution in [0.2, 0.25) is 0 Å². The number of halogens is 1. The van der Waals surface area contributed by atoms with E-state index < -0.39 is 0 Å². The maximum absolute atomic E-state index is 13.2. The van der Waals surface area contributed by atoms with Gasteiger partial charge in [-0.3, -0.25) is 4.99 Å². The van der Waals surface area contributed by atoms with Crippen LogP contribution in [0.4, 0.5) is 4.39 Å². The van der Waals surface area contributed by atoms with Crippen molar-refractivity contribution in [3.63, 3.8) is 0 Å². The lowest BCUT2D eigenvalue weighted by Crippen LogP contribution is -2.38. The number of rotatable bonds is 5. The highest BCUT2D eigenvalue weighted by molar-refractivity contribution is 5.79. The van der Waals surface area contributed by atoms with E-state index in [1.54, 1.807) is 13.1 Å². The van der Waals surface area contributed by atoms with E-state index in [9.17, 15) is 4.39 Å². The van der Waals surface area contributed by atoms with E-state index in [4.69, 9.17) is 0 Å². The number of fused-ring (bicyclic) bond motifs is 1. The quantitative estimate of drug-likeness (QED) is 0.643. The molecule has 1 aliphatic heterocycles. The Balaban J connectivity index is 1.48. The Kier molecular flexibility index (Phi) is 5.98. The molecule has 6 nitrogen and oxygen atoms in total. The van der Waals surface area contributed by atoms with Gasteiger partial charge in [-0.25, -0.2) is 4.39 Å². The highest BCUT2D eigenvalue weighted by Crippen LogP contribution is 2.14. The van der Waals surface area contributed by atoms with Crippen molar-refractivity contribution in [2.45, 2.75) is 45.2 Å². The first-order chi connectivity index (χ1) is 12.3. The van der Waals surface area contributed by atoms with E-state index in [2.05, 4.69) is 30.4 Å². The molecule has 1 aromatic carbocycles. The second-order valence-corrected chi connectivity index (χ2v) is 6.23. The zero-order valence-electron chi connectivity index (χ0n) is 14.6. The van der Waals surface area contributed by atoms with Gasteiger partial charge >= 0.3 is 0 Å². The van der Waals surface area contributed by atoms with E-state index in [0.717, 1.165) is 43.1 Å². The van der Waals surface area contributed by atoms with Gasteiger partial charge in [0, 0.05) is 39.5 Å². The summed E-state index contributed by atoms with van der Waals surface area (Å²) in [5.41, 5.74) is 0.880. The molecular formula is C18H25FN6. The number of nitrogens with zero attached hydrogens (tertiary/aromatic N) is 4. The smallest absolute Gasteiger partial charge is 0.191 e. The fourth-order valence-electron chi connectivity index (χ4n) is 3.08. The summed E-state index contributed by atoms with van der Waals surface area (Å²) in [6.45, 7) is 2.27. The Bertz CT molecular complexity index is 724. The molecule has 0 spiro atoms. The second kappa shape index (κ2) is 8.60. The maximum atomic E-state index is 13.2. The molecule has 134 valence electrons. The molecule has 0 saturated carbocycles. The lowest BCUT2D eigenvalue weighted by molar-refractivity contribution is 0.600. The Morgan fingerprint density at radius 3 is 3.00 bits per heavy atom. The topological polar surface area (TPSA) is 67.1 Å². The Hall–Kier alpha value is -2.44. The number of guanidine groups is 1. The summed E-state index contributed by atoms with van der Waals surface area (Å²) < 4.78 is 15.5. The molecule has 0 bridgehead atoms. The van der Waals surface area contributed by atoms with Crippen LogP contribution in [-0.2, 0) is 25.9 Å². The van der Waals surface area contributed by atoms with E-state index in [1.807, 2.05) is 6.07 Å². The second-order valence-electron chi connectivity index (χ2n) is 6.23. The molecule has 2 aromatic rings. The molecule has 0 fully saturated rings. The summed E-state index contributed by atoms with van der Waals surface area (Å²) in [5, 5.41) is 15.1. The number of benzene rings is 1. The van der Waals surface area contributed by atoms with Crippen LogP contribution in [0.1, 0.15) is 36.5 Å². The molecular weight excluding hydrogens is 319 g/mol. The normalized spacial score (nSPS) is 14.7. The summed E-state index contributed by atoms with van der Waals surface area (Å²) in [6, 6.07) is 6.55. The summed E-state index contributed by atoms with van der Waals surface area (Å²) >= 11 is 0. The maximum Gasteiger partial charge on any atom is 0.191 e. The zero-order chi connectivity index (χ0) is 17.5. The van der Waals surface area contributed by atoms with Gasteiger partial charge in [-0.1, -0.05) is 18.6 Å². The molecule has 0 saturated heterocycles. The number of aliphatic imine (C=N–C) groups is 1. The molecule has 2 N–H and O–H groups in total. The zero-order valence-corrected chi connectivity index (χ0v) is 14.6. The largest absolute Gasteiger partial charge is 0.356 e. The lowest BCUT2D eigenvalue weighted by atomic mass is 10.2.